The first-order valence-electron chi connectivity index (χ1n) is 10.3. The molecule has 3 aromatic rings. The Kier molecular flexibility index (Phi) is 5.98. The van der Waals surface area contributed by atoms with E-state index in [1.54, 1.807) is 6.07 Å². The summed E-state index contributed by atoms with van der Waals surface area (Å²) in [6, 6.07) is 14.4. The number of hydrogen-bond acceptors (Lipinski definition) is 3. The lowest BCUT2D eigenvalue weighted by Gasteiger charge is -2.23. The lowest BCUT2D eigenvalue weighted by atomic mass is 9.85. The molecule has 2 unspecified atom stereocenters. The number of pyridine rings is 1. The Balaban J connectivity index is 1.63. The Morgan fingerprint density at radius 2 is 1.90 bits per heavy atom. The molecule has 0 saturated heterocycles. The van der Waals surface area contributed by atoms with Gasteiger partial charge in [-0.15, -0.1) is 0 Å². The number of rotatable bonds is 6. The highest BCUT2D eigenvalue weighted by Gasteiger charge is 2.33. The number of ether oxygens (including phenoxy) is 1. The van der Waals surface area contributed by atoms with Gasteiger partial charge in [0.15, 0.2) is 0 Å². The van der Waals surface area contributed by atoms with Crippen molar-refractivity contribution in [2.75, 3.05) is 0 Å². The maximum atomic E-state index is 14.0. The minimum absolute atomic E-state index is 0.00763. The van der Waals surface area contributed by atoms with Crippen molar-refractivity contribution in [3.05, 3.63) is 94.3 Å². The molecule has 1 aromatic heterocycles. The molecular weight excluding hydrogens is 400 g/mol. The van der Waals surface area contributed by atoms with Crippen LogP contribution in [0.1, 0.15) is 64.0 Å². The van der Waals surface area contributed by atoms with Crippen molar-refractivity contribution in [3.63, 3.8) is 0 Å². The zero-order valence-electron chi connectivity index (χ0n) is 17.1. The molecule has 1 N–H and O–H groups in total. The van der Waals surface area contributed by atoms with Crippen molar-refractivity contribution in [1.29, 1.82) is 0 Å². The van der Waals surface area contributed by atoms with Crippen LogP contribution in [-0.4, -0.2) is 16.1 Å². The molecule has 6 heteroatoms. The quantitative estimate of drug-likeness (QED) is 0.529. The van der Waals surface area contributed by atoms with Gasteiger partial charge in [-0.1, -0.05) is 30.2 Å². The highest BCUT2D eigenvalue weighted by molar-refractivity contribution is 5.85. The second kappa shape index (κ2) is 8.84. The van der Waals surface area contributed by atoms with E-state index >= 15 is 0 Å². The van der Waals surface area contributed by atoms with Crippen molar-refractivity contribution in [2.24, 2.45) is 0 Å². The molecule has 4 rings (SSSR count). The zero-order valence-corrected chi connectivity index (χ0v) is 17.1. The van der Waals surface area contributed by atoms with E-state index in [2.05, 4.69) is 11.1 Å². The highest BCUT2D eigenvalue weighted by atomic mass is 19.1. The van der Waals surface area contributed by atoms with Gasteiger partial charge in [0, 0.05) is 23.2 Å². The number of aromatic carboxylic acids is 1. The largest absolute Gasteiger partial charge is 0.489 e. The van der Waals surface area contributed by atoms with Crippen LogP contribution >= 0.6 is 0 Å². The third-order valence-corrected chi connectivity index (χ3v) is 5.85. The summed E-state index contributed by atoms with van der Waals surface area (Å²) >= 11 is 0. The molecule has 160 valence electrons. The van der Waals surface area contributed by atoms with Gasteiger partial charge in [0.2, 0.25) is 0 Å². The van der Waals surface area contributed by atoms with E-state index in [-0.39, 0.29) is 29.7 Å². The molecule has 0 radical (unpaired) electrons. The molecule has 1 aliphatic rings. The first-order chi connectivity index (χ1) is 14.9. The highest BCUT2D eigenvalue weighted by Crippen LogP contribution is 2.48. The molecular formula is C25H23F2NO3. The number of halogens is 2. The van der Waals surface area contributed by atoms with Crippen molar-refractivity contribution >= 4 is 5.97 Å². The number of benzene rings is 2. The van der Waals surface area contributed by atoms with Crippen molar-refractivity contribution in [2.45, 2.75) is 44.6 Å². The van der Waals surface area contributed by atoms with Crippen molar-refractivity contribution in [3.8, 4) is 5.75 Å². The summed E-state index contributed by atoms with van der Waals surface area (Å²) in [5.41, 5.74) is 3.17. The van der Waals surface area contributed by atoms with Crippen LogP contribution in [0.2, 0.25) is 0 Å². The Bertz CT molecular complexity index is 1120. The number of aromatic nitrogens is 1. The molecule has 0 aliphatic heterocycles. The first-order valence-corrected chi connectivity index (χ1v) is 10.3. The van der Waals surface area contributed by atoms with Gasteiger partial charge in [0.1, 0.15) is 29.7 Å². The SMILES string of the molecule is Cc1ccc(OCc2ccc(F)cc2F)c(C2CCCC2c2cccc(C(=O)O)n2)c1. The van der Waals surface area contributed by atoms with Gasteiger partial charge >= 0.3 is 5.97 Å². The van der Waals surface area contributed by atoms with E-state index in [4.69, 9.17) is 4.74 Å². The van der Waals surface area contributed by atoms with Crippen LogP contribution < -0.4 is 4.74 Å². The smallest absolute Gasteiger partial charge is 0.354 e. The van der Waals surface area contributed by atoms with Gasteiger partial charge < -0.3 is 9.84 Å². The summed E-state index contributed by atoms with van der Waals surface area (Å²) < 4.78 is 33.2. The summed E-state index contributed by atoms with van der Waals surface area (Å²) in [5.74, 6) is -1.46. The number of aryl methyl sites for hydroxylation is 1. The minimum atomic E-state index is -1.04. The van der Waals surface area contributed by atoms with E-state index in [1.165, 1.54) is 18.2 Å². The number of carboxylic acid groups (broad SMARTS) is 1. The van der Waals surface area contributed by atoms with Gasteiger partial charge in [-0.25, -0.2) is 18.6 Å². The van der Waals surface area contributed by atoms with Gasteiger partial charge in [-0.05, 0) is 61.6 Å². The average molecular weight is 423 g/mol. The number of hydrogen-bond donors (Lipinski definition) is 1. The van der Waals surface area contributed by atoms with Crippen molar-refractivity contribution in [1.82, 2.24) is 4.98 Å². The lowest BCUT2D eigenvalue weighted by molar-refractivity contribution is 0.0690. The predicted molar refractivity (Wildman–Crippen MR) is 112 cm³/mol. The van der Waals surface area contributed by atoms with Gasteiger partial charge in [-0.2, -0.15) is 0 Å². The number of nitrogens with zero attached hydrogens (tertiary/aromatic N) is 1. The van der Waals surface area contributed by atoms with E-state index in [0.29, 0.717) is 5.75 Å². The molecule has 1 heterocycles. The Hall–Kier alpha value is -3.28. The minimum Gasteiger partial charge on any atom is -0.489 e. The summed E-state index contributed by atoms with van der Waals surface area (Å²) in [7, 11) is 0. The number of carboxylic acids is 1. The monoisotopic (exact) mass is 423 g/mol. The zero-order chi connectivity index (χ0) is 22.0. The number of carbonyl (C=O) groups is 1. The molecule has 2 aromatic carbocycles. The molecule has 0 bridgehead atoms. The van der Waals surface area contributed by atoms with Crippen LogP contribution in [0.5, 0.6) is 5.75 Å². The van der Waals surface area contributed by atoms with Crippen LogP contribution in [-0.2, 0) is 6.61 Å². The summed E-state index contributed by atoms with van der Waals surface area (Å²) in [5, 5.41) is 9.30. The standard InChI is InChI=1S/C25H23F2NO3/c1-15-8-11-24(31-14-16-9-10-17(26)13-21(16)27)20(12-15)18-4-2-5-19(18)22-6-3-7-23(28-22)25(29)30/h3,6-13,18-19H,2,4-5,14H2,1H3,(H,29,30). The van der Waals surface area contributed by atoms with Crippen LogP contribution in [0.15, 0.2) is 54.6 Å². The van der Waals surface area contributed by atoms with Gasteiger partial charge in [-0.3, -0.25) is 0 Å². The Morgan fingerprint density at radius 3 is 2.68 bits per heavy atom. The molecule has 0 spiro atoms. The van der Waals surface area contributed by atoms with Crippen molar-refractivity contribution < 1.29 is 23.4 Å². The van der Waals surface area contributed by atoms with Crippen LogP contribution in [0.25, 0.3) is 0 Å². The molecule has 1 aliphatic carbocycles. The second-order valence-electron chi connectivity index (χ2n) is 7.96. The van der Waals surface area contributed by atoms with E-state index < -0.39 is 17.6 Å². The van der Waals surface area contributed by atoms with Crippen LogP contribution in [0.3, 0.4) is 0 Å². The molecule has 0 amide bonds. The molecule has 1 fully saturated rings. The van der Waals surface area contributed by atoms with E-state index in [9.17, 15) is 18.7 Å². The van der Waals surface area contributed by atoms with Crippen LogP contribution in [0, 0.1) is 18.6 Å². The fourth-order valence-electron chi connectivity index (χ4n) is 4.35. The summed E-state index contributed by atoms with van der Waals surface area (Å²) in [4.78, 5) is 15.7. The fraction of sp³-hybridized carbons (Fsp3) is 0.280. The lowest BCUT2D eigenvalue weighted by Crippen LogP contribution is -2.11. The third kappa shape index (κ3) is 4.58. The van der Waals surface area contributed by atoms with Crippen LogP contribution in [0.4, 0.5) is 8.78 Å². The predicted octanol–water partition coefficient (Wildman–Crippen LogP) is 6.00. The average Bonchev–Trinajstić information content (AvgIpc) is 3.23. The molecule has 1 saturated carbocycles. The maximum Gasteiger partial charge on any atom is 0.354 e. The van der Waals surface area contributed by atoms with Gasteiger partial charge in [0.25, 0.3) is 0 Å². The normalized spacial score (nSPS) is 18.2. The molecule has 31 heavy (non-hydrogen) atoms. The topological polar surface area (TPSA) is 59.4 Å². The van der Waals surface area contributed by atoms with E-state index in [0.717, 1.165) is 42.1 Å². The third-order valence-electron chi connectivity index (χ3n) is 5.85. The Labute approximate surface area is 179 Å². The molecule has 2 atom stereocenters. The second-order valence-corrected chi connectivity index (χ2v) is 7.96. The van der Waals surface area contributed by atoms with Gasteiger partial charge in [0.05, 0.1) is 0 Å². The van der Waals surface area contributed by atoms with E-state index in [1.807, 2.05) is 25.1 Å². The summed E-state index contributed by atoms with van der Waals surface area (Å²) in [6.07, 6.45) is 2.82. The fourth-order valence-corrected chi connectivity index (χ4v) is 4.35. The summed E-state index contributed by atoms with van der Waals surface area (Å²) in [6.45, 7) is 1.99. The molecule has 4 nitrogen and oxygen atoms in total. The maximum absolute atomic E-state index is 14.0. The Morgan fingerprint density at radius 1 is 1.10 bits per heavy atom. The first kappa shape index (κ1) is 21.0.